The van der Waals surface area contributed by atoms with Gasteiger partial charge in [0.15, 0.2) is 11.5 Å². The number of halogens is 1. The van der Waals surface area contributed by atoms with Gasteiger partial charge in [0.05, 0.1) is 37.1 Å². The molecule has 0 radical (unpaired) electrons. The summed E-state index contributed by atoms with van der Waals surface area (Å²) in [5, 5.41) is 9.62. The third kappa shape index (κ3) is 6.76. The van der Waals surface area contributed by atoms with E-state index >= 15 is 0 Å². The monoisotopic (exact) mass is 563 g/mol. The predicted octanol–water partition coefficient (Wildman–Crippen LogP) is 5.87. The molecule has 0 aliphatic carbocycles. The second-order valence-corrected chi connectivity index (χ2v) is 10.3. The maximum Gasteiger partial charge on any atom is 0.338 e. The standard InChI is InChI=1S/C27H30ClNO8S/c1-27(2,3)18-6-8-19(9-7-18)29(38(32)33)22-14-17(26(31)35-5)15-24(36-13-12-30)25(22)37-23-16-20(34-4)10-11-21(23)28/h6-11,14-16,30H,12-13H2,1-5H3,(H,32,33). The first-order valence-corrected chi connectivity index (χ1v) is 13.0. The van der Waals surface area contributed by atoms with Crippen molar-refractivity contribution in [1.82, 2.24) is 0 Å². The molecule has 0 saturated heterocycles. The number of anilines is 2. The molecule has 1 unspecified atom stereocenters. The van der Waals surface area contributed by atoms with E-state index in [1.54, 1.807) is 24.3 Å². The molecule has 0 spiro atoms. The Morgan fingerprint density at radius 2 is 1.71 bits per heavy atom. The molecule has 3 rings (SSSR count). The highest BCUT2D eigenvalue weighted by Gasteiger charge is 2.27. The minimum Gasteiger partial charge on any atom is -0.497 e. The number of benzene rings is 3. The number of esters is 1. The quantitative estimate of drug-likeness (QED) is 0.232. The first-order valence-electron chi connectivity index (χ1n) is 11.5. The fourth-order valence-corrected chi connectivity index (χ4v) is 4.31. The van der Waals surface area contributed by atoms with Crippen molar-refractivity contribution in [3.63, 3.8) is 0 Å². The Bertz CT molecular complexity index is 1310. The molecule has 38 heavy (non-hydrogen) atoms. The molecule has 11 heteroatoms. The van der Waals surface area contributed by atoms with Crippen LogP contribution >= 0.6 is 11.6 Å². The number of nitrogens with zero attached hydrogens (tertiary/aromatic N) is 1. The van der Waals surface area contributed by atoms with Crippen LogP contribution in [0.25, 0.3) is 0 Å². The lowest BCUT2D eigenvalue weighted by Crippen LogP contribution is -2.21. The number of aliphatic hydroxyl groups is 1. The topological polar surface area (TPSA) is 115 Å². The van der Waals surface area contributed by atoms with Crippen molar-refractivity contribution in [3.8, 4) is 23.0 Å². The molecule has 9 nitrogen and oxygen atoms in total. The molecular weight excluding hydrogens is 534 g/mol. The summed E-state index contributed by atoms with van der Waals surface area (Å²) < 4.78 is 46.3. The third-order valence-electron chi connectivity index (χ3n) is 5.50. The highest BCUT2D eigenvalue weighted by atomic mass is 35.5. The highest BCUT2D eigenvalue weighted by molar-refractivity contribution is 7.81. The zero-order chi connectivity index (χ0) is 28.0. The molecule has 3 aromatic carbocycles. The summed E-state index contributed by atoms with van der Waals surface area (Å²) in [4.78, 5) is 12.5. The van der Waals surface area contributed by atoms with Crippen LogP contribution in [0, 0.1) is 0 Å². The smallest absolute Gasteiger partial charge is 0.338 e. The zero-order valence-corrected chi connectivity index (χ0v) is 23.3. The number of methoxy groups -OCH3 is 2. The molecule has 0 aromatic heterocycles. The SMILES string of the molecule is COC(=O)c1cc(OCCO)c(Oc2cc(OC)ccc2Cl)c(N(c2ccc(C(C)(C)C)cc2)S(=O)O)c1. The molecule has 0 aliphatic heterocycles. The van der Waals surface area contributed by atoms with Gasteiger partial charge in [0.25, 0.3) is 11.3 Å². The predicted molar refractivity (Wildman–Crippen MR) is 146 cm³/mol. The maximum atomic E-state index is 12.8. The molecule has 3 aromatic rings. The highest BCUT2D eigenvalue weighted by Crippen LogP contribution is 2.47. The number of aliphatic hydroxyl groups excluding tert-OH is 1. The van der Waals surface area contributed by atoms with Gasteiger partial charge < -0.3 is 24.1 Å². The molecule has 0 heterocycles. The molecule has 0 saturated carbocycles. The van der Waals surface area contributed by atoms with Crippen LogP contribution in [0.5, 0.6) is 23.0 Å². The van der Waals surface area contributed by atoms with Crippen LogP contribution in [0.1, 0.15) is 36.7 Å². The molecular formula is C27H30ClNO8S. The normalized spacial score (nSPS) is 12.0. The van der Waals surface area contributed by atoms with Gasteiger partial charge in [0.2, 0.25) is 0 Å². The van der Waals surface area contributed by atoms with E-state index < -0.39 is 17.2 Å². The van der Waals surface area contributed by atoms with E-state index in [1.807, 2.05) is 12.1 Å². The van der Waals surface area contributed by atoms with Crippen LogP contribution < -0.4 is 18.5 Å². The van der Waals surface area contributed by atoms with Gasteiger partial charge in [-0.05, 0) is 47.4 Å². The largest absolute Gasteiger partial charge is 0.497 e. The van der Waals surface area contributed by atoms with Crippen LogP contribution in [0.3, 0.4) is 0 Å². The van der Waals surface area contributed by atoms with E-state index in [0.29, 0.717) is 11.4 Å². The van der Waals surface area contributed by atoms with Crippen molar-refractivity contribution in [1.29, 1.82) is 0 Å². The van der Waals surface area contributed by atoms with Gasteiger partial charge in [-0.2, -0.15) is 0 Å². The molecule has 0 aliphatic rings. The Morgan fingerprint density at radius 1 is 1.03 bits per heavy atom. The Hall–Kier alpha value is -3.31. The third-order valence-corrected chi connectivity index (χ3v) is 6.53. The maximum absolute atomic E-state index is 12.8. The molecule has 1 atom stereocenters. The van der Waals surface area contributed by atoms with E-state index in [-0.39, 0.29) is 52.2 Å². The number of rotatable bonds is 10. The van der Waals surface area contributed by atoms with E-state index in [1.165, 1.54) is 32.4 Å². The number of ether oxygens (including phenoxy) is 4. The molecule has 0 fully saturated rings. The molecule has 204 valence electrons. The van der Waals surface area contributed by atoms with Gasteiger partial charge >= 0.3 is 5.97 Å². The van der Waals surface area contributed by atoms with Gasteiger partial charge in [-0.25, -0.2) is 13.3 Å². The Balaban J connectivity index is 2.29. The van der Waals surface area contributed by atoms with E-state index in [4.69, 9.17) is 30.5 Å². The lowest BCUT2D eigenvalue weighted by atomic mass is 9.87. The Kier molecular flexibility index (Phi) is 9.61. The van der Waals surface area contributed by atoms with Crippen molar-refractivity contribution >= 4 is 40.2 Å². The van der Waals surface area contributed by atoms with Crippen molar-refractivity contribution in [2.24, 2.45) is 0 Å². The van der Waals surface area contributed by atoms with Crippen LogP contribution in [0.4, 0.5) is 11.4 Å². The van der Waals surface area contributed by atoms with E-state index in [9.17, 15) is 18.7 Å². The van der Waals surface area contributed by atoms with Crippen LogP contribution in [0.15, 0.2) is 54.6 Å². The Morgan fingerprint density at radius 3 is 2.26 bits per heavy atom. The summed E-state index contributed by atoms with van der Waals surface area (Å²) in [5.41, 5.74) is 1.26. The molecule has 2 N–H and O–H groups in total. The van der Waals surface area contributed by atoms with Gasteiger partial charge in [0, 0.05) is 6.07 Å². The fourth-order valence-electron chi connectivity index (χ4n) is 3.55. The lowest BCUT2D eigenvalue weighted by molar-refractivity contribution is 0.0600. The van der Waals surface area contributed by atoms with Crippen LogP contribution in [-0.2, 0) is 21.4 Å². The summed E-state index contributed by atoms with van der Waals surface area (Å²) >= 11 is 3.77. The fraction of sp³-hybridized carbons (Fsp3) is 0.296. The number of hydrogen-bond acceptors (Lipinski definition) is 7. The van der Waals surface area contributed by atoms with Gasteiger partial charge in [-0.15, -0.1) is 0 Å². The minimum absolute atomic E-state index is 0.0117. The molecule has 0 amide bonds. The van der Waals surface area contributed by atoms with Crippen LogP contribution in [0.2, 0.25) is 5.02 Å². The Labute approximate surface area is 229 Å². The zero-order valence-electron chi connectivity index (χ0n) is 21.7. The average Bonchev–Trinajstić information content (AvgIpc) is 2.88. The summed E-state index contributed by atoms with van der Waals surface area (Å²) in [6.45, 7) is 5.69. The van der Waals surface area contributed by atoms with Crippen molar-refractivity contribution in [2.75, 3.05) is 31.7 Å². The van der Waals surface area contributed by atoms with Crippen molar-refractivity contribution in [3.05, 3.63) is 70.7 Å². The lowest BCUT2D eigenvalue weighted by Gasteiger charge is -2.26. The second-order valence-electron chi connectivity index (χ2n) is 9.11. The first-order chi connectivity index (χ1) is 18.0. The van der Waals surface area contributed by atoms with Crippen molar-refractivity contribution < 1.29 is 37.6 Å². The van der Waals surface area contributed by atoms with Gasteiger partial charge in [-0.1, -0.05) is 44.5 Å². The van der Waals surface area contributed by atoms with E-state index in [0.717, 1.165) is 9.87 Å². The summed E-state index contributed by atoms with van der Waals surface area (Å²) in [7, 11) is 2.70. The second kappa shape index (κ2) is 12.5. The van der Waals surface area contributed by atoms with Crippen molar-refractivity contribution in [2.45, 2.75) is 26.2 Å². The van der Waals surface area contributed by atoms with Gasteiger partial charge in [0.1, 0.15) is 23.8 Å². The first kappa shape index (κ1) is 29.2. The average molecular weight is 564 g/mol. The minimum atomic E-state index is -2.61. The van der Waals surface area contributed by atoms with Gasteiger partial charge in [-0.3, -0.25) is 4.55 Å². The summed E-state index contributed by atoms with van der Waals surface area (Å²) in [6.07, 6.45) is 0. The number of carbonyl (C=O) groups is 1. The summed E-state index contributed by atoms with van der Waals surface area (Å²) in [5.74, 6) is -0.104. The van der Waals surface area contributed by atoms with Crippen LogP contribution in [-0.4, -0.2) is 47.3 Å². The molecule has 0 bridgehead atoms. The number of carbonyl (C=O) groups excluding carboxylic acids is 1. The summed E-state index contributed by atoms with van der Waals surface area (Å²) in [6, 6.07) is 14.5. The van der Waals surface area contributed by atoms with E-state index in [2.05, 4.69) is 20.8 Å². The number of hydrogen-bond donors (Lipinski definition) is 2.